The van der Waals surface area contributed by atoms with Crippen LogP contribution in [0.3, 0.4) is 0 Å². The number of methoxy groups -OCH3 is 1. The Morgan fingerprint density at radius 1 is 1.24 bits per heavy atom. The Morgan fingerprint density at radius 3 is 2.62 bits per heavy atom. The van der Waals surface area contributed by atoms with Crippen LogP contribution in [0.5, 0.6) is 5.75 Å². The van der Waals surface area contributed by atoms with E-state index in [4.69, 9.17) is 4.74 Å². The first kappa shape index (κ1) is 14.2. The Balaban J connectivity index is 2.03. The van der Waals surface area contributed by atoms with Crippen LogP contribution < -0.4 is 10.1 Å². The van der Waals surface area contributed by atoms with E-state index in [9.17, 15) is 13.2 Å². The zero-order valence-electron chi connectivity index (χ0n) is 11.8. The minimum absolute atomic E-state index is 0.133. The quantitative estimate of drug-likeness (QED) is 0.911. The van der Waals surface area contributed by atoms with Gasteiger partial charge in [-0.05, 0) is 25.0 Å². The van der Waals surface area contributed by atoms with E-state index in [1.807, 2.05) is 0 Å². The standard InChI is InChI=1S/C14H18N2O4S/c1-20-11-7-8-13-12(9-11)15-14(17)16(21(13,18)19)10-5-3-2-4-6-10/h7-10H,2-6H2,1H3,(H,15,17). The Hall–Kier alpha value is -1.76. The van der Waals surface area contributed by atoms with Gasteiger partial charge >= 0.3 is 6.03 Å². The second kappa shape index (κ2) is 5.22. The monoisotopic (exact) mass is 310 g/mol. The normalized spacial score (nSPS) is 21.6. The van der Waals surface area contributed by atoms with Crippen LogP contribution in [0.25, 0.3) is 0 Å². The molecule has 1 aliphatic carbocycles. The Morgan fingerprint density at radius 2 is 1.95 bits per heavy atom. The number of hydrogen-bond donors (Lipinski definition) is 1. The number of sulfonamides is 1. The molecule has 1 heterocycles. The van der Waals surface area contributed by atoms with Crippen molar-refractivity contribution in [2.24, 2.45) is 0 Å². The summed E-state index contributed by atoms with van der Waals surface area (Å²) in [7, 11) is -2.30. The highest BCUT2D eigenvalue weighted by Gasteiger charge is 2.41. The van der Waals surface area contributed by atoms with E-state index in [1.54, 1.807) is 6.07 Å². The second-order valence-corrected chi connectivity index (χ2v) is 7.17. The van der Waals surface area contributed by atoms with Crippen LogP contribution in [0.4, 0.5) is 10.5 Å². The first-order chi connectivity index (χ1) is 10.0. The van der Waals surface area contributed by atoms with Crippen LogP contribution >= 0.6 is 0 Å². The van der Waals surface area contributed by atoms with Crippen molar-refractivity contribution in [1.82, 2.24) is 4.31 Å². The SMILES string of the molecule is COc1ccc2c(c1)NC(=O)N(C1CCCCC1)S2(=O)=O. The van der Waals surface area contributed by atoms with Gasteiger partial charge in [-0.1, -0.05) is 19.3 Å². The smallest absolute Gasteiger partial charge is 0.336 e. The summed E-state index contributed by atoms with van der Waals surface area (Å²) in [5.74, 6) is 0.510. The topological polar surface area (TPSA) is 75.7 Å². The molecule has 1 aliphatic heterocycles. The molecule has 2 aliphatic rings. The Kier molecular flexibility index (Phi) is 3.52. The van der Waals surface area contributed by atoms with Gasteiger partial charge in [-0.15, -0.1) is 0 Å². The van der Waals surface area contributed by atoms with Gasteiger partial charge in [0.25, 0.3) is 10.0 Å². The lowest BCUT2D eigenvalue weighted by Crippen LogP contribution is -2.50. The molecule has 21 heavy (non-hydrogen) atoms. The zero-order chi connectivity index (χ0) is 15.0. The molecule has 0 radical (unpaired) electrons. The number of hydrogen-bond acceptors (Lipinski definition) is 4. The molecule has 1 fully saturated rings. The van der Waals surface area contributed by atoms with Crippen LogP contribution in [0.2, 0.25) is 0 Å². The van der Waals surface area contributed by atoms with Crippen molar-refractivity contribution in [3.8, 4) is 5.75 Å². The van der Waals surface area contributed by atoms with Crippen molar-refractivity contribution in [3.63, 3.8) is 0 Å². The van der Waals surface area contributed by atoms with Crippen molar-refractivity contribution < 1.29 is 17.9 Å². The van der Waals surface area contributed by atoms with E-state index in [-0.39, 0.29) is 16.6 Å². The molecule has 1 aromatic rings. The van der Waals surface area contributed by atoms with Gasteiger partial charge < -0.3 is 10.1 Å². The van der Waals surface area contributed by atoms with Gasteiger partial charge in [0.15, 0.2) is 0 Å². The van der Waals surface area contributed by atoms with Crippen LogP contribution in [-0.4, -0.2) is 31.9 Å². The van der Waals surface area contributed by atoms with E-state index in [2.05, 4.69) is 5.32 Å². The molecule has 114 valence electrons. The lowest BCUT2D eigenvalue weighted by atomic mass is 9.96. The number of fused-ring (bicyclic) bond motifs is 1. The molecule has 0 atom stereocenters. The number of nitrogens with one attached hydrogen (secondary N) is 1. The molecule has 1 saturated carbocycles. The fourth-order valence-electron chi connectivity index (χ4n) is 3.02. The fourth-order valence-corrected chi connectivity index (χ4v) is 4.73. The number of urea groups is 1. The number of nitrogens with zero attached hydrogens (tertiary/aromatic N) is 1. The van der Waals surface area contributed by atoms with Gasteiger partial charge in [-0.2, -0.15) is 0 Å². The number of amides is 2. The van der Waals surface area contributed by atoms with E-state index >= 15 is 0 Å². The maximum Gasteiger partial charge on any atom is 0.336 e. The van der Waals surface area contributed by atoms with Gasteiger partial charge in [-0.3, -0.25) is 0 Å². The van der Waals surface area contributed by atoms with Crippen molar-refractivity contribution >= 4 is 21.7 Å². The second-order valence-electron chi connectivity index (χ2n) is 5.38. The average Bonchev–Trinajstić information content (AvgIpc) is 2.47. The molecule has 0 spiro atoms. The zero-order valence-corrected chi connectivity index (χ0v) is 12.6. The summed E-state index contributed by atoms with van der Waals surface area (Å²) in [6.07, 6.45) is 4.48. The van der Waals surface area contributed by atoms with Crippen LogP contribution in [0.1, 0.15) is 32.1 Å². The molecule has 6 nitrogen and oxygen atoms in total. The maximum absolute atomic E-state index is 12.7. The van der Waals surface area contributed by atoms with Crippen molar-refractivity contribution in [1.29, 1.82) is 0 Å². The molecule has 0 bridgehead atoms. The first-order valence-corrected chi connectivity index (χ1v) is 8.51. The number of rotatable bonds is 2. The van der Waals surface area contributed by atoms with E-state index in [0.29, 0.717) is 5.75 Å². The molecule has 7 heteroatoms. The van der Waals surface area contributed by atoms with Crippen molar-refractivity contribution in [3.05, 3.63) is 18.2 Å². The molecule has 0 unspecified atom stereocenters. The van der Waals surface area contributed by atoms with Gasteiger partial charge in [-0.25, -0.2) is 17.5 Å². The van der Waals surface area contributed by atoms with Crippen LogP contribution in [-0.2, 0) is 10.0 Å². The predicted octanol–water partition coefficient (Wildman–Crippen LogP) is 2.56. The molecule has 3 rings (SSSR count). The van der Waals surface area contributed by atoms with Crippen molar-refractivity contribution in [2.45, 2.75) is 43.0 Å². The number of anilines is 1. The number of benzene rings is 1. The molecule has 2 amide bonds. The summed E-state index contributed by atoms with van der Waals surface area (Å²) in [5.41, 5.74) is 0.284. The molecule has 1 N–H and O–H groups in total. The summed E-state index contributed by atoms with van der Waals surface area (Å²) in [5, 5.41) is 2.67. The molecule has 1 aromatic carbocycles. The van der Waals surface area contributed by atoms with Gasteiger partial charge in [0, 0.05) is 6.07 Å². The summed E-state index contributed by atoms with van der Waals surface area (Å²) in [6, 6.07) is 3.80. The summed E-state index contributed by atoms with van der Waals surface area (Å²) in [6.45, 7) is 0. The Bertz CT molecular complexity index is 666. The molecule has 0 aromatic heterocycles. The molecule has 0 saturated heterocycles. The molecular weight excluding hydrogens is 292 g/mol. The fraction of sp³-hybridized carbons (Fsp3) is 0.500. The average molecular weight is 310 g/mol. The third-order valence-electron chi connectivity index (χ3n) is 4.07. The van der Waals surface area contributed by atoms with Crippen LogP contribution in [0.15, 0.2) is 23.1 Å². The predicted molar refractivity (Wildman–Crippen MR) is 77.9 cm³/mol. The molecular formula is C14H18N2O4S. The summed E-state index contributed by atoms with van der Waals surface area (Å²) < 4.78 is 31.6. The largest absolute Gasteiger partial charge is 0.497 e. The van der Waals surface area contributed by atoms with Gasteiger partial charge in [0.1, 0.15) is 10.6 Å². The van der Waals surface area contributed by atoms with Crippen molar-refractivity contribution in [2.75, 3.05) is 12.4 Å². The third-order valence-corrected chi connectivity index (χ3v) is 5.97. The minimum Gasteiger partial charge on any atom is -0.497 e. The highest BCUT2D eigenvalue weighted by molar-refractivity contribution is 7.90. The van der Waals surface area contributed by atoms with E-state index in [0.717, 1.165) is 36.4 Å². The van der Waals surface area contributed by atoms with Gasteiger partial charge in [0.05, 0.1) is 18.8 Å². The van der Waals surface area contributed by atoms with Gasteiger partial charge in [0.2, 0.25) is 0 Å². The first-order valence-electron chi connectivity index (χ1n) is 7.07. The maximum atomic E-state index is 12.7. The van der Waals surface area contributed by atoms with Crippen LogP contribution in [0, 0.1) is 0 Å². The third kappa shape index (κ3) is 2.35. The van der Waals surface area contributed by atoms with E-state index < -0.39 is 16.1 Å². The lowest BCUT2D eigenvalue weighted by Gasteiger charge is -2.36. The highest BCUT2D eigenvalue weighted by atomic mass is 32.2. The van der Waals surface area contributed by atoms with E-state index in [1.165, 1.54) is 19.2 Å². The Labute approximate surface area is 124 Å². The minimum atomic E-state index is -3.79. The summed E-state index contributed by atoms with van der Waals surface area (Å²) >= 11 is 0. The highest BCUT2D eigenvalue weighted by Crippen LogP contribution is 2.36. The summed E-state index contributed by atoms with van der Waals surface area (Å²) in [4.78, 5) is 12.4. The number of carbonyl (C=O) groups is 1. The number of carbonyl (C=O) groups excluding carboxylic acids is 1. The number of ether oxygens (including phenoxy) is 1. The lowest BCUT2D eigenvalue weighted by molar-refractivity contribution is 0.211.